The lowest BCUT2D eigenvalue weighted by molar-refractivity contribution is 0.102. The van der Waals surface area contributed by atoms with Crippen LogP contribution in [-0.4, -0.2) is 43.8 Å². The Morgan fingerprint density at radius 1 is 1.16 bits per heavy atom. The molecule has 0 spiro atoms. The molecule has 1 N–H and O–H groups in total. The quantitative estimate of drug-likeness (QED) is 0.473. The highest BCUT2D eigenvalue weighted by molar-refractivity contribution is 7.89. The van der Waals surface area contributed by atoms with Gasteiger partial charge in [0, 0.05) is 34.1 Å². The number of hydrogen-bond donors (Lipinski definition) is 1. The van der Waals surface area contributed by atoms with E-state index in [1.54, 1.807) is 26.0 Å². The Balaban J connectivity index is 1.91. The van der Waals surface area contributed by atoms with Crippen LogP contribution in [0.25, 0.3) is 11.3 Å². The lowest BCUT2D eigenvalue weighted by Crippen LogP contribution is -2.31. The summed E-state index contributed by atoms with van der Waals surface area (Å²) in [6, 6.07) is 11.6. The SMILES string of the molecule is CCN(CC)S(=O)(=O)c1cc(C(=O)Nc2nc(-c3ccc(Cl)cc3)c(C)s2)ccc1OC. The summed E-state index contributed by atoms with van der Waals surface area (Å²) < 4.78 is 32.6. The number of carbonyl (C=O) groups excluding carboxylic acids is 1. The summed E-state index contributed by atoms with van der Waals surface area (Å²) in [6.07, 6.45) is 0. The zero-order valence-electron chi connectivity index (χ0n) is 18.2. The normalized spacial score (nSPS) is 11.6. The molecular weight excluding hydrogens is 470 g/mol. The zero-order valence-corrected chi connectivity index (χ0v) is 20.6. The average molecular weight is 494 g/mol. The molecule has 0 aliphatic carbocycles. The van der Waals surface area contributed by atoms with Gasteiger partial charge in [-0.3, -0.25) is 10.1 Å². The molecule has 7 nitrogen and oxygen atoms in total. The van der Waals surface area contributed by atoms with Gasteiger partial charge in [0.05, 0.1) is 12.8 Å². The summed E-state index contributed by atoms with van der Waals surface area (Å²) >= 11 is 7.29. The third-order valence-corrected chi connectivity index (χ3v) is 8.09. The number of benzene rings is 2. The Morgan fingerprint density at radius 3 is 2.41 bits per heavy atom. The van der Waals surface area contributed by atoms with Gasteiger partial charge in [0.1, 0.15) is 10.6 Å². The van der Waals surface area contributed by atoms with Crippen molar-refractivity contribution in [2.24, 2.45) is 0 Å². The van der Waals surface area contributed by atoms with E-state index < -0.39 is 15.9 Å². The monoisotopic (exact) mass is 493 g/mol. The molecule has 0 unspecified atom stereocenters. The fraction of sp³-hybridized carbons (Fsp3) is 0.273. The van der Waals surface area contributed by atoms with E-state index in [9.17, 15) is 13.2 Å². The maximum Gasteiger partial charge on any atom is 0.257 e. The van der Waals surface area contributed by atoms with Crippen molar-refractivity contribution in [2.75, 3.05) is 25.5 Å². The van der Waals surface area contributed by atoms with Crippen molar-refractivity contribution in [1.29, 1.82) is 0 Å². The number of hydrogen-bond acceptors (Lipinski definition) is 6. The van der Waals surface area contributed by atoms with Gasteiger partial charge in [0.25, 0.3) is 5.91 Å². The molecule has 3 aromatic rings. The van der Waals surface area contributed by atoms with Crippen LogP contribution in [0.5, 0.6) is 5.75 Å². The van der Waals surface area contributed by atoms with Crippen molar-refractivity contribution in [3.05, 3.63) is 57.9 Å². The number of amides is 1. The van der Waals surface area contributed by atoms with Gasteiger partial charge in [-0.25, -0.2) is 13.4 Å². The summed E-state index contributed by atoms with van der Waals surface area (Å²) in [5.41, 5.74) is 1.83. The predicted molar refractivity (Wildman–Crippen MR) is 128 cm³/mol. The molecule has 3 rings (SSSR count). The molecule has 0 radical (unpaired) electrons. The number of sulfonamides is 1. The number of nitrogens with one attached hydrogen (secondary N) is 1. The van der Waals surface area contributed by atoms with E-state index in [-0.39, 0.29) is 16.2 Å². The molecule has 0 fully saturated rings. The first-order chi connectivity index (χ1) is 15.2. The molecule has 0 bridgehead atoms. The topological polar surface area (TPSA) is 88.6 Å². The maximum absolute atomic E-state index is 13.0. The lowest BCUT2D eigenvalue weighted by atomic mass is 10.1. The minimum Gasteiger partial charge on any atom is -0.495 e. The molecule has 1 amide bonds. The van der Waals surface area contributed by atoms with E-state index in [1.807, 2.05) is 19.1 Å². The highest BCUT2D eigenvalue weighted by Gasteiger charge is 2.27. The molecule has 2 aromatic carbocycles. The third kappa shape index (κ3) is 4.96. The zero-order chi connectivity index (χ0) is 23.5. The van der Waals surface area contributed by atoms with Gasteiger partial charge in [-0.1, -0.05) is 37.6 Å². The molecule has 0 atom stereocenters. The number of ether oxygens (including phenoxy) is 1. The summed E-state index contributed by atoms with van der Waals surface area (Å²) in [5.74, 6) is -0.274. The Hall–Kier alpha value is -2.46. The number of anilines is 1. The largest absolute Gasteiger partial charge is 0.495 e. The van der Waals surface area contributed by atoms with Gasteiger partial charge in [-0.2, -0.15) is 4.31 Å². The summed E-state index contributed by atoms with van der Waals surface area (Å²) in [7, 11) is -2.41. The molecule has 10 heteroatoms. The van der Waals surface area contributed by atoms with Gasteiger partial charge in [-0.05, 0) is 37.3 Å². The van der Waals surface area contributed by atoms with E-state index in [0.717, 1.165) is 16.1 Å². The van der Waals surface area contributed by atoms with E-state index in [1.165, 1.54) is 41.0 Å². The van der Waals surface area contributed by atoms with Crippen molar-refractivity contribution < 1.29 is 17.9 Å². The van der Waals surface area contributed by atoms with Crippen LogP contribution < -0.4 is 10.1 Å². The van der Waals surface area contributed by atoms with E-state index >= 15 is 0 Å². The number of methoxy groups -OCH3 is 1. The Morgan fingerprint density at radius 2 is 1.81 bits per heavy atom. The molecule has 0 saturated carbocycles. The highest BCUT2D eigenvalue weighted by Crippen LogP contribution is 2.32. The standard InChI is InChI=1S/C22H24ClN3O4S2/c1-5-26(6-2)32(28,29)19-13-16(9-12-18(19)30-4)21(27)25-22-24-20(14(3)31-22)15-7-10-17(23)11-8-15/h7-13H,5-6H2,1-4H3,(H,24,25,27). The Labute approximate surface area is 197 Å². The number of aromatic nitrogens is 1. The number of thiazole rings is 1. The third-order valence-electron chi connectivity index (χ3n) is 4.88. The molecule has 1 heterocycles. The van der Waals surface area contributed by atoms with Crippen LogP contribution >= 0.6 is 22.9 Å². The summed E-state index contributed by atoms with van der Waals surface area (Å²) in [5, 5.41) is 3.81. The number of carbonyl (C=O) groups is 1. The number of rotatable bonds is 8. The minimum absolute atomic E-state index is 0.0477. The van der Waals surface area contributed by atoms with Crippen LogP contribution in [-0.2, 0) is 10.0 Å². The molecule has 1 aromatic heterocycles. The van der Waals surface area contributed by atoms with Crippen LogP contribution in [0.15, 0.2) is 47.4 Å². The number of aryl methyl sites for hydroxylation is 1. The first-order valence-electron chi connectivity index (χ1n) is 9.94. The Kier molecular flexibility index (Phi) is 7.55. The second-order valence-corrected chi connectivity index (χ2v) is 10.4. The second-order valence-electron chi connectivity index (χ2n) is 6.84. The van der Waals surface area contributed by atoms with Gasteiger partial charge < -0.3 is 4.74 Å². The second kappa shape index (κ2) is 9.99. The van der Waals surface area contributed by atoms with E-state index in [2.05, 4.69) is 10.3 Å². The van der Waals surface area contributed by atoms with Gasteiger partial charge >= 0.3 is 0 Å². The van der Waals surface area contributed by atoms with Crippen LogP contribution in [0.1, 0.15) is 29.1 Å². The van der Waals surface area contributed by atoms with Crippen LogP contribution in [0.2, 0.25) is 5.02 Å². The number of nitrogens with zero attached hydrogens (tertiary/aromatic N) is 2. The summed E-state index contributed by atoms with van der Waals surface area (Å²) in [6.45, 7) is 6.05. The first-order valence-corrected chi connectivity index (χ1v) is 12.6. The molecule has 0 aliphatic heterocycles. The molecule has 0 aliphatic rings. The molecular formula is C22H24ClN3O4S2. The first kappa shape index (κ1) is 24.2. The van der Waals surface area contributed by atoms with Gasteiger partial charge in [-0.15, -0.1) is 11.3 Å². The van der Waals surface area contributed by atoms with E-state index in [4.69, 9.17) is 16.3 Å². The Bertz CT molecular complexity index is 1220. The van der Waals surface area contributed by atoms with Crippen molar-refractivity contribution in [2.45, 2.75) is 25.7 Å². The van der Waals surface area contributed by atoms with Crippen LogP contribution in [0.4, 0.5) is 5.13 Å². The van der Waals surface area contributed by atoms with Crippen LogP contribution in [0.3, 0.4) is 0 Å². The van der Waals surface area contributed by atoms with Gasteiger partial charge in [0.15, 0.2) is 5.13 Å². The highest BCUT2D eigenvalue weighted by atomic mass is 35.5. The van der Waals surface area contributed by atoms with Gasteiger partial charge in [0.2, 0.25) is 10.0 Å². The molecule has 170 valence electrons. The fourth-order valence-corrected chi connectivity index (χ4v) is 5.81. The van der Waals surface area contributed by atoms with Crippen molar-refractivity contribution in [1.82, 2.24) is 9.29 Å². The minimum atomic E-state index is -3.81. The van der Waals surface area contributed by atoms with Crippen LogP contribution in [0, 0.1) is 6.92 Å². The lowest BCUT2D eigenvalue weighted by Gasteiger charge is -2.20. The van der Waals surface area contributed by atoms with E-state index in [0.29, 0.717) is 23.2 Å². The van der Waals surface area contributed by atoms with Crippen molar-refractivity contribution in [3.63, 3.8) is 0 Å². The van der Waals surface area contributed by atoms with Crippen molar-refractivity contribution in [3.8, 4) is 17.0 Å². The number of halogens is 1. The van der Waals surface area contributed by atoms with Crippen molar-refractivity contribution >= 4 is 44.0 Å². The molecule has 0 saturated heterocycles. The maximum atomic E-state index is 13.0. The predicted octanol–water partition coefficient (Wildman–Crippen LogP) is 5.06. The average Bonchev–Trinajstić information content (AvgIpc) is 3.14. The smallest absolute Gasteiger partial charge is 0.257 e. The fourth-order valence-electron chi connectivity index (χ4n) is 3.22. The molecule has 32 heavy (non-hydrogen) atoms. The summed E-state index contributed by atoms with van der Waals surface area (Å²) in [4.78, 5) is 18.3.